The van der Waals surface area contributed by atoms with Crippen molar-refractivity contribution in [2.45, 2.75) is 31.7 Å². The highest BCUT2D eigenvalue weighted by Gasteiger charge is 2.09. The lowest BCUT2D eigenvalue weighted by Crippen LogP contribution is -2.22. The molecule has 0 spiro atoms. The van der Waals surface area contributed by atoms with E-state index >= 15 is 0 Å². The van der Waals surface area contributed by atoms with Crippen LogP contribution in [0.5, 0.6) is 0 Å². The summed E-state index contributed by atoms with van der Waals surface area (Å²) in [7, 11) is 0. The maximum atomic E-state index is 8.88. The maximum absolute atomic E-state index is 8.88. The molecule has 1 N–H and O–H groups in total. The van der Waals surface area contributed by atoms with Crippen LogP contribution in [0.1, 0.15) is 37.3 Å². The van der Waals surface area contributed by atoms with Crippen LogP contribution >= 0.6 is 11.8 Å². The van der Waals surface area contributed by atoms with Crippen LogP contribution in [0.25, 0.3) is 0 Å². The molecule has 0 bridgehead atoms. The molecule has 2 nitrogen and oxygen atoms in total. The van der Waals surface area contributed by atoms with Crippen molar-refractivity contribution in [2.75, 3.05) is 18.6 Å². The molecule has 0 aliphatic heterocycles. The Kier molecular flexibility index (Phi) is 8.37. The number of nitriles is 1. The van der Waals surface area contributed by atoms with Crippen molar-refractivity contribution >= 4 is 11.8 Å². The number of nitrogens with zero attached hydrogens (tertiary/aromatic N) is 1. The van der Waals surface area contributed by atoms with Crippen LogP contribution in [-0.4, -0.2) is 18.6 Å². The largest absolute Gasteiger partial charge is 0.309 e. The molecular weight excluding hydrogens is 240 g/mol. The predicted octanol–water partition coefficient (Wildman–Crippen LogP) is 3.76. The second-order valence-electron chi connectivity index (χ2n) is 4.33. The zero-order chi connectivity index (χ0) is 13.1. The van der Waals surface area contributed by atoms with Gasteiger partial charge in [-0.3, -0.25) is 0 Å². The zero-order valence-electron chi connectivity index (χ0n) is 11.1. The maximum Gasteiger partial charge on any atom is 0.0641 e. The molecule has 18 heavy (non-hydrogen) atoms. The van der Waals surface area contributed by atoms with Gasteiger partial charge in [0.1, 0.15) is 0 Å². The molecule has 0 fully saturated rings. The molecule has 1 aromatic rings. The smallest absolute Gasteiger partial charge is 0.0641 e. The molecule has 0 saturated heterocycles. The Balaban J connectivity index is 2.29. The summed E-state index contributed by atoms with van der Waals surface area (Å²) in [5.41, 5.74) is 1.21. The van der Waals surface area contributed by atoms with Crippen molar-refractivity contribution in [2.24, 2.45) is 0 Å². The number of rotatable bonds is 9. The van der Waals surface area contributed by atoms with Crippen LogP contribution in [0, 0.1) is 11.3 Å². The van der Waals surface area contributed by atoms with Crippen molar-refractivity contribution in [3.8, 4) is 6.07 Å². The van der Waals surface area contributed by atoms with Gasteiger partial charge >= 0.3 is 0 Å². The number of benzene rings is 1. The van der Waals surface area contributed by atoms with Crippen LogP contribution in [0.4, 0.5) is 0 Å². The molecule has 0 heterocycles. The van der Waals surface area contributed by atoms with Gasteiger partial charge in [-0.15, -0.1) is 0 Å². The first-order chi connectivity index (χ1) is 8.88. The molecule has 0 saturated carbocycles. The minimum absolute atomic E-state index is 0.178. The Labute approximate surface area is 115 Å². The summed E-state index contributed by atoms with van der Waals surface area (Å²) in [6.45, 7) is 0.996. The van der Waals surface area contributed by atoms with Crippen molar-refractivity contribution in [1.82, 2.24) is 5.32 Å². The lowest BCUT2D eigenvalue weighted by Gasteiger charge is -2.16. The SMILES string of the molecule is CSCCCCCNC(CC#N)c1ccccc1. The number of nitrogens with one attached hydrogen (secondary N) is 1. The molecule has 1 rings (SSSR count). The third kappa shape index (κ3) is 6.09. The van der Waals surface area contributed by atoms with Crippen LogP contribution < -0.4 is 5.32 Å². The second-order valence-corrected chi connectivity index (χ2v) is 5.32. The first-order valence-electron chi connectivity index (χ1n) is 6.52. The Morgan fingerprint density at radius 1 is 1.22 bits per heavy atom. The standard InChI is InChI=1S/C15H22N2S/c1-18-13-7-3-6-12-17-15(10-11-16)14-8-4-2-5-9-14/h2,4-5,8-9,15,17H,3,6-7,10,12-13H2,1H3. The van der Waals surface area contributed by atoms with E-state index in [-0.39, 0.29) is 6.04 Å². The lowest BCUT2D eigenvalue weighted by molar-refractivity contribution is 0.520. The molecule has 0 amide bonds. The molecule has 1 atom stereocenters. The van der Waals surface area contributed by atoms with Crippen molar-refractivity contribution in [3.05, 3.63) is 35.9 Å². The van der Waals surface area contributed by atoms with Crippen molar-refractivity contribution in [3.63, 3.8) is 0 Å². The first kappa shape index (κ1) is 15.1. The van der Waals surface area contributed by atoms with Gasteiger partial charge in [-0.2, -0.15) is 17.0 Å². The Bertz CT molecular complexity index is 345. The highest BCUT2D eigenvalue weighted by molar-refractivity contribution is 7.98. The van der Waals surface area contributed by atoms with Crippen LogP contribution in [-0.2, 0) is 0 Å². The van der Waals surface area contributed by atoms with Gasteiger partial charge in [-0.1, -0.05) is 36.8 Å². The van der Waals surface area contributed by atoms with E-state index < -0.39 is 0 Å². The van der Waals surface area contributed by atoms with Crippen LogP contribution in [0.2, 0.25) is 0 Å². The first-order valence-corrected chi connectivity index (χ1v) is 7.92. The molecule has 0 radical (unpaired) electrons. The van der Waals surface area contributed by atoms with Crippen molar-refractivity contribution < 1.29 is 0 Å². The number of hydrogen-bond acceptors (Lipinski definition) is 3. The molecule has 0 aliphatic rings. The third-order valence-corrected chi connectivity index (χ3v) is 3.61. The molecule has 1 unspecified atom stereocenters. The average molecular weight is 262 g/mol. The minimum Gasteiger partial charge on any atom is -0.309 e. The molecule has 98 valence electrons. The van der Waals surface area contributed by atoms with Crippen molar-refractivity contribution in [1.29, 1.82) is 5.26 Å². The van der Waals surface area contributed by atoms with E-state index in [1.165, 1.54) is 30.6 Å². The second kappa shape index (κ2) is 9.99. The van der Waals surface area contributed by atoms with E-state index in [9.17, 15) is 0 Å². The van der Waals surface area contributed by atoms with Gasteiger partial charge in [-0.05, 0) is 37.0 Å². The van der Waals surface area contributed by atoms with E-state index in [1.807, 2.05) is 30.0 Å². The monoisotopic (exact) mass is 262 g/mol. The quantitative estimate of drug-likeness (QED) is 0.688. The summed E-state index contributed by atoms with van der Waals surface area (Å²) in [6, 6.07) is 12.7. The van der Waals surface area contributed by atoms with Crippen LogP contribution in [0.15, 0.2) is 30.3 Å². The number of hydrogen-bond donors (Lipinski definition) is 1. The topological polar surface area (TPSA) is 35.8 Å². The molecule has 1 aromatic carbocycles. The fourth-order valence-electron chi connectivity index (χ4n) is 1.91. The number of thioether (sulfide) groups is 1. The van der Waals surface area contributed by atoms with Gasteiger partial charge in [0.15, 0.2) is 0 Å². The van der Waals surface area contributed by atoms with Gasteiger partial charge in [0.25, 0.3) is 0 Å². The van der Waals surface area contributed by atoms with Gasteiger partial charge in [0.2, 0.25) is 0 Å². The van der Waals surface area contributed by atoms with E-state index in [1.54, 1.807) is 0 Å². The fraction of sp³-hybridized carbons (Fsp3) is 0.533. The Morgan fingerprint density at radius 2 is 2.00 bits per heavy atom. The predicted molar refractivity (Wildman–Crippen MR) is 79.6 cm³/mol. The van der Waals surface area contributed by atoms with Gasteiger partial charge in [0, 0.05) is 6.04 Å². The van der Waals surface area contributed by atoms with E-state index in [0.717, 1.165) is 6.54 Å². The number of unbranched alkanes of at least 4 members (excludes halogenated alkanes) is 2. The fourth-order valence-corrected chi connectivity index (χ4v) is 2.40. The summed E-state index contributed by atoms with van der Waals surface area (Å²) < 4.78 is 0. The summed E-state index contributed by atoms with van der Waals surface area (Å²) >= 11 is 1.91. The summed E-state index contributed by atoms with van der Waals surface area (Å²) in [4.78, 5) is 0. The Hall–Kier alpha value is -0.980. The molecular formula is C15H22N2S. The molecule has 0 aliphatic carbocycles. The van der Waals surface area contributed by atoms with Gasteiger partial charge in [-0.25, -0.2) is 0 Å². The molecule has 0 aromatic heterocycles. The van der Waals surface area contributed by atoms with E-state index in [0.29, 0.717) is 6.42 Å². The van der Waals surface area contributed by atoms with Gasteiger partial charge < -0.3 is 5.32 Å². The lowest BCUT2D eigenvalue weighted by atomic mass is 10.0. The highest BCUT2D eigenvalue weighted by atomic mass is 32.2. The van der Waals surface area contributed by atoms with E-state index in [2.05, 4.69) is 29.8 Å². The van der Waals surface area contributed by atoms with Gasteiger partial charge in [0.05, 0.1) is 12.5 Å². The van der Waals surface area contributed by atoms with Crippen LogP contribution in [0.3, 0.4) is 0 Å². The summed E-state index contributed by atoms with van der Waals surface area (Å²) in [5.74, 6) is 1.25. The third-order valence-electron chi connectivity index (χ3n) is 2.91. The normalized spacial score (nSPS) is 12.0. The zero-order valence-corrected chi connectivity index (χ0v) is 11.9. The van der Waals surface area contributed by atoms with E-state index in [4.69, 9.17) is 5.26 Å². The average Bonchev–Trinajstić information content (AvgIpc) is 2.42. The summed E-state index contributed by atoms with van der Waals surface area (Å²) in [6.07, 6.45) is 6.43. The Morgan fingerprint density at radius 3 is 2.67 bits per heavy atom. The minimum atomic E-state index is 0.178. The molecule has 3 heteroatoms. The summed E-state index contributed by atoms with van der Waals surface area (Å²) in [5, 5.41) is 12.4. The highest BCUT2D eigenvalue weighted by Crippen LogP contribution is 2.15.